The van der Waals surface area contributed by atoms with Gasteiger partial charge in [0.15, 0.2) is 5.11 Å². The van der Waals surface area contributed by atoms with Crippen LogP contribution in [0.1, 0.15) is 52.3 Å². The van der Waals surface area contributed by atoms with Crippen LogP contribution in [-0.2, 0) is 19.3 Å². The molecule has 0 fully saturated rings. The Morgan fingerprint density at radius 1 is 1.11 bits per heavy atom. The minimum atomic E-state index is 0.0737. The van der Waals surface area contributed by atoms with Gasteiger partial charge in [-0.1, -0.05) is 47.5 Å². The summed E-state index contributed by atoms with van der Waals surface area (Å²) in [5.41, 5.74) is 8.25. The van der Waals surface area contributed by atoms with Gasteiger partial charge < -0.3 is 15.7 Å². The average molecular weight is 383 g/mol. The molecular weight excluding hydrogens is 352 g/mol. The van der Waals surface area contributed by atoms with E-state index >= 15 is 0 Å². The maximum atomic E-state index is 9.07. The van der Waals surface area contributed by atoms with Gasteiger partial charge in [-0.05, 0) is 80.4 Å². The summed E-state index contributed by atoms with van der Waals surface area (Å²) >= 11 is 5.48. The molecule has 0 saturated heterocycles. The van der Waals surface area contributed by atoms with Crippen molar-refractivity contribution in [1.29, 1.82) is 0 Å². The quantitative estimate of drug-likeness (QED) is 0.663. The van der Waals surface area contributed by atoms with E-state index in [1.54, 1.807) is 0 Å². The van der Waals surface area contributed by atoms with Crippen LogP contribution in [0.25, 0.3) is 0 Å². The van der Waals surface area contributed by atoms with E-state index in [0.717, 1.165) is 12.8 Å². The maximum Gasteiger partial charge on any atom is 0.166 e. The number of aliphatic hydroxyl groups is 1. The number of aryl methyl sites for hydroxylation is 3. The minimum absolute atomic E-state index is 0.0737. The third kappa shape index (κ3) is 5.30. The van der Waals surface area contributed by atoms with Crippen LogP contribution >= 0.6 is 12.2 Å². The lowest BCUT2D eigenvalue weighted by molar-refractivity contribution is 0.300. The van der Waals surface area contributed by atoms with Crippen LogP contribution in [0.2, 0.25) is 0 Å². The number of rotatable bonds is 6. The zero-order valence-electron chi connectivity index (χ0n) is 16.3. The topological polar surface area (TPSA) is 44.3 Å². The van der Waals surface area contributed by atoms with Crippen LogP contribution in [0.5, 0.6) is 0 Å². The highest BCUT2D eigenvalue weighted by Crippen LogP contribution is 2.30. The van der Waals surface area contributed by atoms with Gasteiger partial charge in [-0.25, -0.2) is 0 Å². The van der Waals surface area contributed by atoms with Crippen LogP contribution in [0.3, 0.4) is 0 Å². The van der Waals surface area contributed by atoms with Crippen molar-refractivity contribution in [2.24, 2.45) is 0 Å². The molecule has 0 saturated carbocycles. The van der Waals surface area contributed by atoms with Crippen molar-refractivity contribution in [3.8, 4) is 0 Å². The summed E-state index contributed by atoms with van der Waals surface area (Å²) < 4.78 is 0. The SMILES string of the molecule is Cc1cc(C)cc(CC(NC(=S)NCCO)c2cccc3c2CCCC3)c1. The monoisotopic (exact) mass is 382 g/mol. The molecule has 0 bridgehead atoms. The van der Waals surface area contributed by atoms with Crippen LogP contribution in [0, 0.1) is 13.8 Å². The van der Waals surface area contributed by atoms with Crippen molar-refractivity contribution in [1.82, 2.24) is 10.6 Å². The second kappa shape index (κ2) is 9.34. The van der Waals surface area contributed by atoms with Crippen molar-refractivity contribution in [2.75, 3.05) is 13.2 Å². The Kier molecular flexibility index (Phi) is 6.86. The molecule has 1 aliphatic rings. The molecule has 0 heterocycles. The van der Waals surface area contributed by atoms with Crippen molar-refractivity contribution in [3.63, 3.8) is 0 Å². The third-order valence-corrected chi connectivity index (χ3v) is 5.49. The highest BCUT2D eigenvalue weighted by molar-refractivity contribution is 7.80. The van der Waals surface area contributed by atoms with Crippen LogP contribution in [-0.4, -0.2) is 23.4 Å². The molecule has 0 radical (unpaired) electrons. The van der Waals surface area contributed by atoms with E-state index in [1.807, 2.05) is 0 Å². The first-order valence-electron chi connectivity index (χ1n) is 9.90. The normalized spacial score (nSPS) is 14.3. The number of hydrogen-bond donors (Lipinski definition) is 3. The fourth-order valence-electron chi connectivity index (χ4n) is 4.18. The van der Waals surface area contributed by atoms with Gasteiger partial charge >= 0.3 is 0 Å². The lowest BCUT2D eigenvalue weighted by Crippen LogP contribution is -2.40. The zero-order valence-corrected chi connectivity index (χ0v) is 17.2. The number of thiocarbonyl (C=S) groups is 1. The van der Waals surface area contributed by atoms with Gasteiger partial charge in [0.25, 0.3) is 0 Å². The molecule has 0 aromatic heterocycles. The number of aliphatic hydroxyl groups excluding tert-OH is 1. The van der Waals surface area contributed by atoms with Crippen LogP contribution in [0.4, 0.5) is 0 Å². The molecule has 0 amide bonds. The van der Waals surface area contributed by atoms with Crippen molar-refractivity contribution < 1.29 is 5.11 Å². The average Bonchev–Trinajstić information content (AvgIpc) is 2.64. The van der Waals surface area contributed by atoms with Gasteiger partial charge in [0.05, 0.1) is 12.6 Å². The molecule has 2 aromatic rings. The van der Waals surface area contributed by atoms with E-state index in [-0.39, 0.29) is 12.6 Å². The van der Waals surface area contributed by atoms with E-state index in [1.165, 1.54) is 52.6 Å². The summed E-state index contributed by atoms with van der Waals surface area (Å²) in [4.78, 5) is 0. The van der Waals surface area contributed by atoms with E-state index in [9.17, 15) is 0 Å². The van der Waals surface area contributed by atoms with Crippen LogP contribution < -0.4 is 10.6 Å². The first kappa shape index (κ1) is 19.8. The zero-order chi connectivity index (χ0) is 19.2. The van der Waals surface area contributed by atoms with Gasteiger partial charge in [-0.2, -0.15) is 0 Å². The molecule has 144 valence electrons. The Labute approximate surface area is 168 Å². The molecule has 0 spiro atoms. The van der Waals surface area contributed by atoms with Crippen molar-refractivity contribution in [2.45, 2.75) is 52.0 Å². The molecule has 0 aliphatic heterocycles. The second-order valence-electron chi connectivity index (χ2n) is 7.57. The molecule has 4 heteroatoms. The van der Waals surface area contributed by atoms with Crippen molar-refractivity contribution in [3.05, 3.63) is 69.8 Å². The van der Waals surface area contributed by atoms with E-state index < -0.39 is 0 Å². The van der Waals surface area contributed by atoms with E-state index in [2.05, 4.69) is 60.9 Å². The standard InChI is InChI=1S/C23H30N2OS/c1-16-12-17(2)14-18(13-16)15-22(25-23(27)24-10-11-26)21-9-5-7-19-6-3-4-8-20(19)21/h5,7,9,12-14,22,26H,3-4,6,8,10-11,15H2,1-2H3,(H2,24,25,27). The molecule has 1 atom stereocenters. The van der Waals surface area contributed by atoms with Gasteiger partial charge in [0, 0.05) is 6.54 Å². The molecule has 3 rings (SSSR count). The predicted octanol–water partition coefficient (Wildman–Crippen LogP) is 3.92. The number of fused-ring (bicyclic) bond motifs is 1. The number of benzene rings is 2. The molecule has 27 heavy (non-hydrogen) atoms. The summed E-state index contributed by atoms with van der Waals surface area (Å²) in [6.07, 6.45) is 5.75. The van der Waals surface area contributed by atoms with Gasteiger partial charge in [-0.3, -0.25) is 0 Å². The molecule has 1 unspecified atom stereocenters. The van der Waals surface area contributed by atoms with E-state index in [0.29, 0.717) is 11.7 Å². The smallest absolute Gasteiger partial charge is 0.166 e. The Morgan fingerprint density at radius 2 is 1.85 bits per heavy atom. The largest absolute Gasteiger partial charge is 0.395 e. The minimum Gasteiger partial charge on any atom is -0.395 e. The van der Waals surface area contributed by atoms with E-state index in [4.69, 9.17) is 17.3 Å². The highest BCUT2D eigenvalue weighted by atomic mass is 32.1. The Bertz CT molecular complexity index is 783. The Morgan fingerprint density at radius 3 is 2.59 bits per heavy atom. The molecule has 2 aromatic carbocycles. The van der Waals surface area contributed by atoms with Crippen molar-refractivity contribution >= 4 is 17.3 Å². The summed E-state index contributed by atoms with van der Waals surface area (Å²) in [5.74, 6) is 0. The lowest BCUT2D eigenvalue weighted by atomic mass is 9.84. The van der Waals surface area contributed by atoms with Gasteiger partial charge in [0.2, 0.25) is 0 Å². The number of hydrogen-bond acceptors (Lipinski definition) is 2. The Hall–Kier alpha value is -1.91. The fraction of sp³-hybridized carbons (Fsp3) is 0.435. The molecule has 3 N–H and O–H groups in total. The molecule has 3 nitrogen and oxygen atoms in total. The first-order chi connectivity index (χ1) is 13.1. The predicted molar refractivity (Wildman–Crippen MR) is 116 cm³/mol. The Balaban J connectivity index is 1.91. The fourth-order valence-corrected chi connectivity index (χ4v) is 4.42. The maximum absolute atomic E-state index is 9.07. The van der Waals surface area contributed by atoms with Crippen LogP contribution in [0.15, 0.2) is 36.4 Å². The summed E-state index contributed by atoms with van der Waals surface area (Å²) in [7, 11) is 0. The van der Waals surface area contributed by atoms with Gasteiger partial charge in [0.1, 0.15) is 0 Å². The summed E-state index contributed by atoms with van der Waals surface area (Å²) in [5, 5.41) is 16.3. The van der Waals surface area contributed by atoms with Gasteiger partial charge in [-0.15, -0.1) is 0 Å². The third-order valence-electron chi connectivity index (χ3n) is 5.23. The summed E-state index contributed by atoms with van der Waals surface area (Å²) in [6, 6.07) is 13.6. The summed E-state index contributed by atoms with van der Waals surface area (Å²) in [6.45, 7) is 4.84. The second-order valence-corrected chi connectivity index (χ2v) is 7.98. The molecule has 1 aliphatic carbocycles. The first-order valence-corrected chi connectivity index (χ1v) is 10.3. The molecular formula is C23H30N2OS. The lowest BCUT2D eigenvalue weighted by Gasteiger charge is -2.27. The number of nitrogens with one attached hydrogen (secondary N) is 2. The highest BCUT2D eigenvalue weighted by Gasteiger charge is 2.21.